The molecule has 0 bridgehead atoms. The molecule has 3 amide bonds. The summed E-state index contributed by atoms with van der Waals surface area (Å²) in [4.78, 5) is 43.1. The maximum Gasteiger partial charge on any atom is 0.239 e. The van der Waals surface area contributed by atoms with Gasteiger partial charge in [-0.25, -0.2) is 0 Å². The van der Waals surface area contributed by atoms with E-state index in [1.54, 1.807) is 36.2 Å². The smallest absolute Gasteiger partial charge is 0.239 e. The fourth-order valence-corrected chi connectivity index (χ4v) is 4.65. The van der Waals surface area contributed by atoms with Crippen LogP contribution in [0.25, 0.3) is 0 Å². The second kappa shape index (κ2) is 13.0. The fourth-order valence-electron chi connectivity index (χ4n) is 4.65. The molecule has 0 spiro atoms. The number of hydrogen-bond donors (Lipinski definition) is 1. The van der Waals surface area contributed by atoms with Crippen molar-refractivity contribution >= 4 is 23.4 Å². The molecule has 1 heterocycles. The van der Waals surface area contributed by atoms with Crippen LogP contribution in [-0.4, -0.2) is 56.5 Å². The summed E-state index contributed by atoms with van der Waals surface area (Å²) in [6.45, 7) is 5.03. The van der Waals surface area contributed by atoms with Gasteiger partial charge in [0.25, 0.3) is 0 Å². The van der Waals surface area contributed by atoms with Gasteiger partial charge in [-0.1, -0.05) is 26.0 Å². The van der Waals surface area contributed by atoms with E-state index in [1.165, 1.54) is 0 Å². The summed E-state index contributed by atoms with van der Waals surface area (Å²) < 4.78 is 10.6. The maximum atomic E-state index is 14.0. The zero-order valence-electron chi connectivity index (χ0n) is 21.7. The zero-order valence-corrected chi connectivity index (χ0v) is 21.7. The van der Waals surface area contributed by atoms with Gasteiger partial charge in [0.2, 0.25) is 17.7 Å². The molecule has 8 nitrogen and oxygen atoms in total. The van der Waals surface area contributed by atoms with Gasteiger partial charge in [0.05, 0.1) is 32.7 Å². The lowest BCUT2D eigenvalue weighted by Gasteiger charge is -2.42. The third kappa shape index (κ3) is 6.36. The number of carbonyl (C=O) groups excluding carboxylic acids is 3. The van der Waals surface area contributed by atoms with Crippen LogP contribution in [0.15, 0.2) is 48.5 Å². The molecule has 1 fully saturated rings. The molecule has 1 aliphatic rings. The number of rotatable bonds is 11. The molecule has 2 aromatic carbocycles. The van der Waals surface area contributed by atoms with Crippen molar-refractivity contribution in [3.63, 3.8) is 0 Å². The third-order valence-electron chi connectivity index (χ3n) is 6.43. The summed E-state index contributed by atoms with van der Waals surface area (Å²) in [6, 6.07) is 14.2. The van der Waals surface area contributed by atoms with Gasteiger partial charge in [0, 0.05) is 25.2 Å². The number of ether oxygens (including phenoxy) is 2. The Morgan fingerprint density at radius 2 is 1.58 bits per heavy atom. The Morgan fingerprint density at radius 1 is 0.972 bits per heavy atom. The predicted octanol–water partition coefficient (Wildman–Crippen LogP) is 3.95. The van der Waals surface area contributed by atoms with E-state index in [4.69, 9.17) is 9.47 Å². The van der Waals surface area contributed by atoms with Gasteiger partial charge in [0.1, 0.15) is 11.5 Å². The normalized spacial score (nSPS) is 17.4. The summed E-state index contributed by atoms with van der Waals surface area (Å²) in [7, 11) is 3.19. The minimum atomic E-state index is -0.517. The van der Waals surface area contributed by atoms with E-state index in [1.807, 2.05) is 50.2 Å². The van der Waals surface area contributed by atoms with Crippen molar-refractivity contribution in [3.8, 4) is 11.5 Å². The van der Waals surface area contributed by atoms with Crippen LogP contribution in [0.4, 0.5) is 5.69 Å². The highest BCUT2D eigenvalue weighted by molar-refractivity contribution is 5.98. The van der Waals surface area contributed by atoms with E-state index in [0.717, 1.165) is 18.4 Å². The van der Waals surface area contributed by atoms with Crippen molar-refractivity contribution in [2.24, 2.45) is 5.92 Å². The lowest BCUT2D eigenvalue weighted by atomic mass is 9.82. The van der Waals surface area contributed by atoms with Crippen molar-refractivity contribution < 1.29 is 23.9 Å². The second-order valence-electron chi connectivity index (χ2n) is 8.93. The van der Waals surface area contributed by atoms with Crippen LogP contribution in [0.1, 0.15) is 51.1 Å². The van der Waals surface area contributed by atoms with Crippen LogP contribution >= 0.6 is 0 Å². The summed E-state index contributed by atoms with van der Waals surface area (Å²) in [5.74, 6) is 0.550. The van der Waals surface area contributed by atoms with Crippen molar-refractivity contribution in [2.45, 2.75) is 45.6 Å². The van der Waals surface area contributed by atoms with Crippen LogP contribution < -0.4 is 19.7 Å². The zero-order chi connectivity index (χ0) is 26.1. The molecular formula is C28H37N3O5. The summed E-state index contributed by atoms with van der Waals surface area (Å²) in [5.41, 5.74) is 1.53. The lowest BCUT2D eigenvalue weighted by molar-refractivity contribution is -0.141. The van der Waals surface area contributed by atoms with Crippen LogP contribution in [0.5, 0.6) is 11.5 Å². The van der Waals surface area contributed by atoms with E-state index >= 15 is 0 Å². The van der Waals surface area contributed by atoms with Gasteiger partial charge in [0.15, 0.2) is 0 Å². The highest BCUT2D eigenvalue weighted by Crippen LogP contribution is 2.41. The molecule has 0 aromatic heterocycles. The molecule has 8 heteroatoms. The number of nitrogens with zero attached hydrogens (tertiary/aromatic N) is 2. The van der Waals surface area contributed by atoms with E-state index in [-0.39, 0.29) is 30.7 Å². The quantitative estimate of drug-likeness (QED) is 0.510. The SMILES string of the molecule is CCCNC(=O)CN(CCC)C(=O)C1CCC(=O)N(c2ccc(OC)cc2)C1c1ccc(OC)cc1. The van der Waals surface area contributed by atoms with Crippen molar-refractivity contribution in [3.05, 3.63) is 54.1 Å². The van der Waals surface area contributed by atoms with E-state index in [2.05, 4.69) is 5.32 Å². The highest BCUT2D eigenvalue weighted by atomic mass is 16.5. The van der Waals surface area contributed by atoms with Gasteiger partial charge in [-0.3, -0.25) is 14.4 Å². The Labute approximate surface area is 213 Å². The molecule has 1 aliphatic heterocycles. The first-order valence-corrected chi connectivity index (χ1v) is 12.6. The minimum absolute atomic E-state index is 0.00892. The van der Waals surface area contributed by atoms with Crippen molar-refractivity contribution in [2.75, 3.05) is 38.8 Å². The Kier molecular flexibility index (Phi) is 9.73. The molecule has 1 saturated heterocycles. The average molecular weight is 496 g/mol. The van der Waals surface area contributed by atoms with Gasteiger partial charge in [-0.05, 0) is 61.2 Å². The number of methoxy groups -OCH3 is 2. The van der Waals surface area contributed by atoms with Gasteiger partial charge in [-0.2, -0.15) is 0 Å². The largest absolute Gasteiger partial charge is 0.497 e. The van der Waals surface area contributed by atoms with Gasteiger partial charge < -0.3 is 24.6 Å². The first-order chi connectivity index (χ1) is 17.4. The molecule has 0 saturated carbocycles. The van der Waals surface area contributed by atoms with Crippen molar-refractivity contribution in [1.29, 1.82) is 0 Å². The number of hydrogen-bond acceptors (Lipinski definition) is 5. The van der Waals surface area contributed by atoms with E-state index in [9.17, 15) is 14.4 Å². The Morgan fingerprint density at radius 3 is 2.14 bits per heavy atom. The summed E-state index contributed by atoms with van der Waals surface area (Å²) in [6.07, 6.45) is 2.22. The average Bonchev–Trinajstić information content (AvgIpc) is 2.91. The molecule has 36 heavy (non-hydrogen) atoms. The van der Waals surface area contributed by atoms with Crippen LogP contribution in [0.3, 0.4) is 0 Å². The molecule has 2 aromatic rings. The minimum Gasteiger partial charge on any atom is -0.497 e. The second-order valence-corrected chi connectivity index (χ2v) is 8.93. The molecule has 1 N–H and O–H groups in total. The summed E-state index contributed by atoms with van der Waals surface area (Å²) in [5, 5.41) is 2.86. The summed E-state index contributed by atoms with van der Waals surface area (Å²) >= 11 is 0. The monoisotopic (exact) mass is 495 g/mol. The van der Waals surface area contributed by atoms with Crippen molar-refractivity contribution in [1.82, 2.24) is 10.2 Å². The maximum absolute atomic E-state index is 14.0. The molecule has 2 atom stereocenters. The predicted molar refractivity (Wildman–Crippen MR) is 139 cm³/mol. The van der Waals surface area contributed by atoms with Gasteiger partial charge in [-0.15, -0.1) is 0 Å². The Hall–Kier alpha value is -3.55. The molecule has 0 aliphatic carbocycles. The Balaban J connectivity index is 2.00. The number of piperidine rings is 1. The topological polar surface area (TPSA) is 88.2 Å². The number of anilines is 1. The fraction of sp³-hybridized carbons (Fsp3) is 0.464. The number of amides is 3. The third-order valence-corrected chi connectivity index (χ3v) is 6.43. The number of carbonyl (C=O) groups is 3. The number of benzene rings is 2. The molecule has 3 rings (SSSR count). The molecule has 194 valence electrons. The van der Waals surface area contributed by atoms with Crippen LogP contribution in [0, 0.1) is 5.92 Å². The number of nitrogens with one attached hydrogen (secondary N) is 1. The van der Waals surface area contributed by atoms with Crippen LogP contribution in [-0.2, 0) is 14.4 Å². The Bertz CT molecular complexity index is 1020. The van der Waals surface area contributed by atoms with Crippen LogP contribution in [0.2, 0.25) is 0 Å². The lowest BCUT2D eigenvalue weighted by Crippen LogP contribution is -2.51. The molecule has 2 unspecified atom stereocenters. The van der Waals surface area contributed by atoms with E-state index in [0.29, 0.717) is 36.7 Å². The first-order valence-electron chi connectivity index (χ1n) is 12.6. The molecule has 0 radical (unpaired) electrons. The van der Waals surface area contributed by atoms with E-state index < -0.39 is 12.0 Å². The molecular weight excluding hydrogens is 458 g/mol. The van der Waals surface area contributed by atoms with Gasteiger partial charge >= 0.3 is 0 Å². The highest BCUT2D eigenvalue weighted by Gasteiger charge is 2.43. The standard InChI is InChI=1S/C28H37N3O5/c1-5-17-29-25(32)19-30(18-6-2)28(34)24-15-16-26(33)31(21-9-13-23(36-4)14-10-21)27(24)20-7-11-22(35-3)12-8-20/h7-14,24,27H,5-6,15-19H2,1-4H3,(H,29,32). The first kappa shape index (κ1) is 27.0.